The molecular weight excluding hydrogens is 719 g/mol. The van der Waals surface area contributed by atoms with Gasteiger partial charge in [-0.05, 0) is 104 Å². The van der Waals surface area contributed by atoms with E-state index in [1.165, 1.54) is 32.7 Å². The average molecular weight is 754 g/mol. The molecule has 0 amide bonds. The van der Waals surface area contributed by atoms with Crippen molar-refractivity contribution < 1.29 is 8.83 Å². The molecular formula is C56H35NO2. The standard InChI is InChI=1S/C56H35NO2/c1-2-14-39(15-3-1)48-35-50(45-22-12-18-38-16-6-7-19-44(38)45)54-47-21-9-11-24-52(47)59-56(54)55(48)57(43-31-32-53-49(34-43)46-20-8-10-23-51(46)58-53)42-29-27-37(28-30-42)41-26-25-36-13-4-5-17-40(36)33-41/h1-35H. The Bertz CT molecular complexity index is 3550. The zero-order valence-electron chi connectivity index (χ0n) is 32.0. The minimum absolute atomic E-state index is 0.825. The van der Waals surface area contributed by atoms with Gasteiger partial charge >= 0.3 is 0 Å². The maximum absolute atomic E-state index is 7.16. The largest absolute Gasteiger partial charge is 0.456 e. The first kappa shape index (κ1) is 33.3. The quantitative estimate of drug-likeness (QED) is 0.169. The molecule has 3 nitrogen and oxygen atoms in total. The number of hydrogen-bond acceptors (Lipinski definition) is 3. The number of fused-ring (bicyclic) bond motifs is 8. The minimum Gasteiger partial charge on any atom is -0.456 e. The summed E-state index contributed by atoms with van der Waals surface area (Å²) in [7, 11) is 0. The van der Waals surface area contributed by atoms with Gasteiger partial charge in [0.15, 0.2) is 5.58 Å². The van der Waals surface area contributed by atoms with Crippen molar-refractivity contribution in [1.82, 2.24) is 0 Å². The van der Waals surface area contributed by atoms with Gasteiger partial charge in [-0.15, -0.1) is 0 Å². The molecule has 0 atom stereocenters. The predicted molar refractivity (Wildman–Crippen MR) is 247 cm³/mol. The van der Waals surface area contributed by atoms with Crippen LogP contribution in [-0.2, 0) is 0 Å². The second-order valence-electron chi connectivity index (χ2n) is 15.2. The lowest BCUT2D eigenvalue weighted by atomic mass is 9.90. The third-order valence-electron chi connectivity index (χ3n) is 11.8. The van der Waals surface area contributed by atoms with Crippen molar-refractivity contribution in [2.45, 2.75) is 0 Å². The molecule has 0 saturated heterocycles. The van der Waals surface area contributed by atoms with Gasteiger partial charge < -0.3 is 13.7 Å². The Hall–Kier alpha value is -7.88. The van der Waals surface area contributed by atoms with Crippen LogP contribution >= 0.6 is 0 Å². The third kappa shape index (κ3) is 5.44. The third-order valence-corrected chi connectivity index (χ3v) is 11.8. The fourth-order valence-electron chi connectivity index (χ4n) is 9.05. The van der Waals surface area contributed by atoms with E-state index >= 15 is 0 Å². The van der Waals surface area contributed by atoms with E-state index in [-0.39, 0.29) is 0 Å². The first-order chi connectivity index (χ1) is 29.2. The average Bonchev–Trinajstić information content (AvgIpc) is 3.88. The number of furan rings is 2. The molecule has 2 aromatic heterocycles. The molecule has 0 saturated carbocycles. The van der Waals surface area contributed by atoms with E-state index in [1.807, 2.05) is 12.1 Å². The van der Waals surface area contributed by atoms with Crippen molar-refractivity contribution in [3.8, 4) is 33.4 Å². The van der Waals surface area contributed by atoms with Crippen LogP contribution in [0.2, 0.25) is 0 Å². The molecule has 0 aliphatic rings. The topological polar surface area (TPSA) is 29.5 Å². The Labute approximate surface area is 340 Å². The van der Waals surface area contributed by atoms with E-state index in [0.717, 1.165) is 83.2 Å². The first-order valence-corrected chi connectivity index (χ1v) is 20.1. The molecule has 0 bridgehead atoms. The van der Waals surface area contributed by atoms with Gasteiger partial charge in [0.1, 0.15) is 16.7 Å². The lowest BCUT2D eigenvalue weighted by molar-refractivity contribution is 0.669. The molecule has 0 aliphatic carbocycles. The molecule has 59 heavy (non-hydrogen) atoms. The molecule has 12 aromatic rings. The van der Waals surface area contributed by atoms with Crippen LogP contribution < -0.4 is 4.90 Å². The van der Waals surface area contributed by atoms with Crippen LogP contribution in [0.4, 0.5) is 17.1 Å². The Morgan fingerprint density at radius 1 is 0.305 bits per heavy atom. The normalized spacial score (nSPS) is 11.7. The maximum Gasteiger partial charge on any atom is 0.160 e. The number of hydrogen-bond donors (Lipinski definition) is 0. The number of benzene rings is 10. The second-order valence-corrected chi connectivity index (χ2v) is 15.2. The number of para-hydroxylation sites is 2. The van der Waals surface area contributed by atoms with E-state index in [4.69, 9.17) is 8.83 Å². The minimum atomic E-state index is 0.825. The van der Waals surface area contributed by atoms with Crippen LogP contribution in [0.15, 0.2) is 221 Å². The summed E-state index contributed by atoms with van der Waals surface area (Å²) in [4.78, 5) is 2.38. The molecule has 12 rings (SSSR count). The van der Waals surface area contributed by atoms with Crippen molar-refractivity contribution in [3.63, 3.8) is 0 Å². The van der Waals surface area contributed by atoms with Crippen molar-refractivity contribution in [2.24, 2.45) is 0 Å². The monoisotopic (exact) mass is 753 g/mol. The summed E-state index contributed by atoms with van der Waals surface area (Å²) in [6.45, 7) is 0. The van der Waals surface area contributed by atoms with Gasteiger partial charge in [0.2, 0.25) is 0 Å². The fraction of sp³-hybridized carbons (Fsp3) is 0. The zero-order chi connectivity index (χ0) is 38.9. The molecule has 0 radical (unpaired) electrons. The van der Waals surface area contributed by atoms with Crippen molar-refractivity contribution in [1.29, 1.82) is 0 Å². The van der Waals surface area contributed by atoms with Gasteiger partial charge in [-0.1, -0.05) is 158 Å². The van der Waals surface area contributed by atoms with E-state index < -0.39 is 0 Å². The van der Waals surface area contributed by atoms with Gasteiger partial charge in [0.25, 0.3) is 0 Å². The Morgan fingerprint density at radius 3 is 1.76 bits per heavy atom. The number of rotatable bonds is 6. The first-order valence-electron chi connectivity index (χ1n) is 20.1. The number of nitrogens with zero attached hydrogens (tertiary/aromatic N) is 1. The van der Waals surface area contributed by atoms with Crippen molar-refractivity contribution >= 4 is 82.5 Å². The van der Waals surface area contributed by atoms with Crippen LogP contribution in [0, 0.1) is 0 Å². The van der Waals surface area contributed by atoms with Crippen LogP contribution in [0.25, 0.3) is 98.8 Å². The Kier molecular flexibility index (Phi) is 7.54. The molecule has 0 spiro atoms. The Balaban J connectivity index is 1.18. The summed E-state index contributed by atoms with van der Waals surface area (Å²) in [6, 6.07) is 75.8. The highest BCUT2D eigenvalue weighted by atomic mass is 16.3. The predicted octanol–water partition coefficient (Wildman–Crippen LogP) is 16.3. The summed E-state index contributed by atoms with van der Waals surface area (Å²) in [5, 5.41) is 9.16. The summed E-state index contributed by atoms with van der Waals surface area (Å²) >= 11 is 0. The molecule has 2 heterocycles. The molecule has 0 fully saturated rings. The molecule has 0 unspecified atom stereocenters. The summed E-state index contributed by atoms with van der Waals surface area (Å²) in [5.41, 5.74) is 13.2. The zero-order valence-corrected chi connectivity index (χ0v) is 32.0. The van der Waals surface area contributed by atoms with Crippen LogP contribution in [0.1, 0.15) is 0 Å². The highest BCUT2D eigenvalue weighted by molar-refractivity contribution is 6.22. The van der Waals surface area contributed by atoms with Crippen LogP contribution in [-0.4, -0.2) is 0 Å². The second kappa shape index (κ2) is 13.4. The van der Waals surface area contributed by atoms with E-state index in [2.05, 4.69) is 205 Å². The molecule has 3 heteroatoms. The van der Waals surface area contributed by atoms with Gasteiger partial charge in [0, 0.05) is 38.5 Å². The smallest absolute Gasteiger partial charge is 0.160 e. The highest BCUT2D eigenvalue weighted by Crippen LogP contribution is 2.52. The van der Waals surface area contributed by atoms with Crippen molar-refractivity contribution in [2.75, 3.05) is 4.90 Å². The molecule has 276 valence electrons. The van der Waals surface area contributed by atoms with Gasteiger partial charge in [-0.2, -0.15) is 0 Å². The van der Waals surface area contributed by atoms with E-state index in [0.29, 0.717) is 0 Å². The van der Waals surface area contributed by atoms with Crippen molar-refractivity contribution in [3.05, 3.63) is 212 Å². The lowest BCUT2D eigenvalue weighted by Gasteiger charge is -2.29. The molecule has 0 N–H and O–H groups in total. The summed E-state index contributed by atoms with van der Waals surface area (Å²) in [5.74, 6) is 0. The van der Waals surface area contributed by atoms with Gasteiger partial charge in [-0.25, -0.2) is 0 Å². The van der Waals surface area contributed by atoms with Gasteiger partial charge in [0.05, 0.1) is 5.69 Å². The number of anilines is 3. The van der Waals surface area contributed by atoms with Crippen LogP contribution in [0.5, 0.6) is 0 Å². The molecule has 10 aromatic carbocycles. The molecule has 0 aliphatic heterocycles. The fourth-order valence-corrected chi connectivity index (χ4v) is 9.05. The van der Waals surface area contributed by atoms with Gasteiger partial charge in [-0.3, -0.25) is 0 Å². The van der Waals surface area contributed by atoms with E-state index in [1.54, 1.807) is 0 Å². The summed E-state index contributed by atoms with van der Waals surface area (Å²) < 4.78 is 13.5. The lowest BCUT2D eigenvalue weighted by Crippen LogP contribution is -2.12. The maximum atomic E-state index is 7.16. The van der Waals surface area contributed by atoms with Crippen LogP contribution in [0.3, 0.4) is 0 Å². The highest BCUT2D eigenvalue weighted by Gasteiger charge is 2.28. The summed E-state index contributed by atoms with van der Waals surface area (Å²) in [6.07, 6.45) is 0. The Morgan fingerprint density at radius 2 is 0.932 bits per heavy atom. The van der Waals surface area contributed by atoms with E-state index in [9.17, 15) is 0 Å². The SMILES string of the molecule is c1ccc(-c2cc(-c3cccc4ccccc34)c3c(oc4ccccc43)c2N(c2ccc(-c3ccc4ccccc4c3)cc2)c2ccc3oc4ccccc4c3c2)cc1.